The minimum atomic E-state index is -0.540. The summed E-state index contributed by atoms with van der Waals surface area (Å²) >= 11 is 0. The summed E-state index contributed by atoms with van der Waals surface area (Å²) in [7, 11) is 0. The van der Waals surface area contributed by atoms with E-state index < -0.39 is 5.82 Å². The Labute approximate surface area is 173 Å². The molecule has 7 heteroatoms. The van der Waals surface area contributed by atoms with Gasteiger partial charge in [-0.3, -0.25) is 9.78 Å². The summed E-state index contributed by atoms with van der Waals surface area (Å²) in [5.41, 5.74) is 2.39. The number of carbonyl (C=O) groups excluding carboxylic acids is 1. The monoisotopic (exact) mass is 406 g/mol. The lowest BCUT2D eigenvalue weighted by molar-refractivity contribution is 0.0762. The Hall–Kier alpha value is -3.53. The van der Waals surface area contributed by atoms with Gasteiger partial charge < -0.3 is 9.80 Å². The van der Waals surface area contributed by atoms with Gasteiger partial charge in [-0.1, -0.05) is 12.1 Å². The number of fused-ring (bicyclic) bond motifs is 1. The molecule has 0 saturated carbocycles. The molecular weight excluding hydrogens is 386 g/mol. The molecule has 1 fully saturated rings. The lowest BCUT2D eigenvalue weighted by Gasteiger charge is -2.26. The quantitative estimate of drug-likeness (QED) is 0.644. The normalized spacial score (nSPS) is 14.5. The molecule has 0 aliphatic carbocycles. The minimum absolute atomic E-state index is 0.0516. The molecule has 4 rings (SSSR count). The van der Waals surface area contributed by atoms with Gasteiger partial charge in [0.2, 0.25) is 0 Å². The Morgan fingerprint density at radius 2 is 1.93 bits per heavy atom. The number of aryl methyl sites for hydroxylation is 1. The number of hydrogen-bond acceptors (Lipinski definition) is 4. The lowest BCUT2D eigenvalue weighted by atomic mass is 10.0. The summed E-state index contributed by atoms with van der Waals surface area (Å²) in [5, 5.41) is 10.2. The SMILES string of the molecule is Cc1cc(F)cc2c(N3CCCN(C(=O)c4ccccc4F)CC3)c(C#N)cnc12. The first-order chi connectivity index (χ1) is 14.5. The summed E-state index contributed by atoms with van der Waals surface area (Å²) in [6.07, 6.45) is 2.15. The molecule has 2 heterocycles. The second-order valence-electron chi connectivity index (χ2n) is 7.36. The van der Waals surface area contributed by atoms with Crippen LogP contribution in [0, 0.1) is 29.9 Å². The molecule has 1 saturated heterocycles. The molecule has 152 valence electrons. The van der Waals surface area contributed by atoms with Gasteiger partial charge in [-0.15, -0.1) is 0 Å². The molecule has 0 unspecified atom stereocenters. The van der Waals surface area contributed by atoms with Crippen LogP contribution in [0.4, 0.5) is 14.5 Å². The van der Waals surface area contributed by atoms with Crippen molar-refractivity contribution >= 4 is 22.5 Å². The standard InChI is InChI=1S/C23H20F2N4O/c1-15-11-17(24)12-19-21(15)27-14-16(13-26)22(19)28-7-4-8-29(10-9-28)23(30)18-5-2-3-6-20(18)25/h2-3,5-6,11-12,14H,4,7-10H2,1H3. The maximum absolute atomic E-state index is 14.1. The van der Waals surface area contributed by atoms with Gasteiger partial charge in [-0.05, 0) is 43.2 Å². The van der Waals surface area contributed by atoms with E-state index in [0.717, 1.165) is 0 Å². The molecule has 30 heavy (non-hydrogen) atoms. The van der Waals surface area contributed by atoms with Crippen LogP contribution in [0.15, 0.2) is 42.6 Å². The predicted molar refractivity (Wildman–Crippen MR) is 110 cm³/mol. The Kier molecular flexibility index (Phi) is 5.32. The van der Waals surface area contributed by atoms with Crippen molar-refractivity contribution in [2.45, 2.75) is 13.3 Å². The van der Waals surface area contributed by atoms with Gasteiger partial charge in [0.05, 0.1) is 22.3 Å². The van der Waals surface area contributed by atoms with E-state index in [1.165, 1.54) is 30.5 Å². The van der Waals surface area contributed by atoms with Crippen LogP contribution in [-0.4, -0.2) is 42.0 Å². The predicted octanol–water partition coefficient (Wildman–Crippen LogP) is 4.05. The molecule has 2 aromatic carbocycles. The lowest BCUT2D eigenvalue weighted by Crippen LogP contribution is -2.35. The molecule has 0 N–H and O–H groups in total. The van der Waals surface area contributed by atoms with Crippen molar-refractivity contribution in [3.8, 4) is 6.07 Å². The van der Waals surface area contributed by atoms with Crippen LogP contribution in [-0.2, 0) is 0 Å². The van der Waals surface area contributed by atoms with Gasteiger partial charge in [0.25, 0.3) is 5.91 Å². The Balaban J connectivity index is 1.67. The second kappa shape index (κ2) is 8.07. The zero-order chi connectivity index (χ0) is 21.3. The van der Waals surface area contributed by atoms with E-state index in [-0.39, 0.29) is 17.3 Å². The zero-order valence-electron chi connectivity index (χ0n) is 16.5. The fourth-order valence-corrected chi connectivity index (χ4v) is 3.99. The van der Waals surface area contributed by atoms with Crippen LogP contribution in [0.3, 0.4) is 0 Å². The Morgan fingerprint density at radius 1 is 1.13 bits per heavy atom. The molecule has 0 atom stereocenters. The van der Waals surface area contributed by atoms with Gasteiger partial charge >= 0.3 is 0 Å². The fourth-order valence-electron chi connectivity index (χ4n) is 3.99. The zero-order valence-corrected chi connectivity index (χ0v) is 16.5. The highest BCUT2D eigenvalue weighted by Gasteiger charge is 2.25. The molecule has 0 spiro atoms. The average molecular weight is 406 g/mol. The topological polar surface area (TPSA) is 60.2 Å². The number of rotatable bonds is 2. The summed E-state index contributed by atoms with van der Waals surface area (Å²) in [6.45, 7) is 3.66. The Morgan fingerprint density at radius 3 is 2.70 bits per heavy atom. The Bertz CT molecular complexity index is 1170. The molecular formula is C23H20F2N4O. The van der Waals surface area contributed by atoms with Crippen molar-refractivity contribution < 1.29 is 13.6 Å². The number of amides is 1. The number of hydrogen-bond donors (Lipinski definition) is 0. The molecule has 1 aliphatic rings. The van der Waals surface area contributed by atoms with Crippen LogP contribution in [0.2, 0.25) is 0 Å². The van der Waals surface area contributed by atoms with Crippen molar-refractivity contribution in [1.29, 1.82) is 5.26 Å². The van der Waals surface area contributed by atoms with E-state index in [1.807, 2.05) is 4.90 Å². The van der Waals surface area contributed by atoms with Crippen LogP contribution >= 0.6 is 0 Å². The number of benzene rings is 2. The van der Waals surface area contributed by atoms with Crippen LogP contribution < -0.4 is 4.90 Å². The average Bonchev–Trinajstić information content (AvgIpc) is 2.98. The number of anilines is 1. The first kappa shape index (κ1) is 19.8. The van der Waals surface area contributed by atoms with Crippen molar-refractivity contribution in [2.24, 2.45) is 0 Å². The van der Waals surface area contributed by atoms with Gasteiger partial charge in [-0.25, -0.2) is 8.78 Å². The van der Waals surface area contributed by atoms with Gasteiger partial charge in [0, 0.05) is 37.8 Å². The van der Waals surface area contributed by atoms with E-state index >= 15 is 0 Å². The molecule has 1 aliphatic heterocycles. The minimum Gasteiger partial charge on any atom is -0.368 e. The van der Waals surface area contributed by atoms with Crippen molar-refractivity contribution in [3.63, 3.8) is 0 Å². The number of nitriles is 1. The van der Waals surface area contributed by atoms with Gasteiger partial charge in [0.15, 0.2) is 0 Å². The third-order valence-electron chi connectivity index (χ3n) is 5.42. The largest absolute Gasteiger partial charge is 0.368 e. The van der Waals surface area contributed by atoms with E-state index in [4.69, 9.17) is 0 Å². The third kappa shape index (κ3) is 3.57. The number of pyridine rings is 1. The number of nitrogens with zero attached hydrogens (tertiary/aromatic N) is 4. The second-order valence-corrected chi connectivity index (χ2v) is 7.36. The fraction of sp³-hybridized carbons (Fsp3) is 0.261. The molecule has 3 aromatic rings. The van der Waals surface area contributed by atoms with E-state index in [2.05, 4.69) is 11.1 Å². The van der Waals surface area contributed by atoms with E-state index in [0.29, 0.717) is 60.3 Å². The highest BCUT2D eigenvalue weighted by molar-refractivity contribution is 5.96. The first-order valence-corrected chi connectivity index (χ1v) is 9.77. The summed E-state index contributed by atoms with van der Waals surface area (Å²) < 4.78 is 28.2. The van der Waals surface area contributed by atoms with Crippen LogP contribution in [0.5, 0.6) is 0 Å². The maximum Gasteiger partial charge on any atom is 0.256 e. The number of aromatic nitrogens is 1. The van der Waals surface area contributed by atoms with Gasteiger partial charge in [0.1, 0.15) is 17.7 Å². The molecule has 0 bridgehead atoms. The smallest absolute Gasteiger partial charge is 0.256 e. The van der Waals surface area contributed by atoms with Crippen molar-refractivity contribution in [2.75, 3.05) is 31.1 Å². The molecule has 1 aromatic heterocycles. The highest BCUT2D eigenvalue weighted by Crippen LogP contribution is 2.32. The summed E-state index contributed by atoms with van der Waals surface area (Å²) in [4.78, 5) is 20.8. The highest BCUT2D eigenvalue weighted by atomic mass is 19.1. The first-order valence-electron chi connectivity index (χ1n) is 9.77. The molecule has 0 radical (unpaired) electrons. The summed E-state index contributed by atoms with van der Waals surface area (Å²) in [5.74, 6) is -1.28. The third-order valence-corrected chi connectivity index (χ3v) is 5.42. The van der Waals surface area contributed by atoms with Gasteiger partial charge in [-0.2, -0.15) is 5.26 Å². The van der Waals surface area contributed by atoms with Crippen LogP contribution in [0.25, 0.3) is 10.9 Å². The number of halogens is 2. The van der Waals surface area contributed by atoms with Crippen LogP contribution in [0.1, 0.15) is 27.9 Å². The van der Waals surface area contributed by atoms with E-state index in [9.17, 15) is 18.8 Å². The molecule has 5 nitrogen and oxygen atoms in total. The maximum atomic E-state index is 14.1. The summed E-state index contributed by atoms with van der Waals surface area (Å²) in [6, 6.07) is 10.9. The van der Waals surface area contributed by atoms with Crippen molar-refractivity contribution in [1.82, 2.24) is 9.88 Å². The molecule has 1 amide bonds. The number of carbonyl (C=O) groups is 1. The van der Waals surface area contributed by atoms with E-state index in [1.54, 1.807) is 24.0 Å². The van der Waals surface area contributed by atoms with Crippen molar-refractivity contribution in [3.05, 3.63) is 70.9 Å².